The zero-order chi connectivity index (χ0) is 21.4. The normalized spacial score (nSPS) is 11.9. The number of para-hydroxylation sites is 1. The number of fused-ring (bicyclic) bond motifs is 1. The summed E-state index contributed by atoms with van der Waals surface area (Å²) in [4.78, 5) is 12.5. The number of sulfone groups is 1. The van der Waals surface area contributed by atoms with E-state index in [1.54, 1.807) is 22.8 Å². The van der Waals surface area contributed by atoms with Gasteiger partial charge in [-0.25, -0.2) is 8.42 Å². The molecule has 1 N–H and O–H groups in total. The summed E-state index contributed by atoms with van der Waals surface area (Å²) >= 11 is 1.09. The monoisotopic (exact) mass is 448 g/mol. The summed E-state index contributed by atoms with van der Waals surface area (Å²) in [6.07, 6.45) is 1.22. The number of hydrogen-bond donors (Lipinski definition) is 1. The zero-order valence-corrected chi connectivity index (χ0v) is 18.8. The molecule has 0 saturated heterocycles. The van der Waals surface area contributed by atoms with E-state index in [2.05, 4.69) is 5.32 Å². The van der Waals surface area contributed by atoms with Crippen LogP contribution in [0, 0.1) is 0 Å². The summed E-state index contributed by atoms with van der Waals surface area (Å²) in [6, 6.07) is 15.2. The van der Waals surface area contributed by atoms with Crippen molar-refractivity contribution in [1.29, 1.82) is 0 Å². The van der Waals surface area contributed by atoms with Gasteiger partial charge in [-0.1, -0.05) is 54.7 Å². The minimum absolute atomic E-state index is 0.00526. The second-order valence-corrected chi connectivity index (χ2v) is 10.1. The fraction of sp³-hybridized carbons (Fsp3) is 0.409. The summed E-state index contributed by atoms with van der Waals surface area (Å²) in [5.41, 5.74) is 1.72. The van der Waals surface area contributed by atoms with Crippen LogP contribution in [0.5, 0.6) is 0 Å². The van der Waals surface area contributed by atoms with Crippen LogP contribution in [-0.2, 0) is 27.5 Å². The lowest BCUT2D eigenvalue weighted by Crippen LogP contribution is -2.24. The molecule has 0 aliphatic carbocycles. The molecule has 8 heteroatoms. The lowest BCUT2D eigenvalue weighted by molar-refractivity contribution is 0.138. The third kappa shape index (κ3) is 5.78. The molecule has 0 spiro atoms. The van der Waals surface area contributed by atoms with E-state index in [9.17, 15) is 13.2 Å². The Morgan fingerprint density at radius 1 is 1.07 bits per heavy atom. The Balaban J connectivity index is 1.63. The van der Waals surface area contributed by atoms with E-state index in [0.717, 1.165) is 24.3 Å². The van der Waals surface area contributed by atoms with Gasteiger partial charge in [-0.3, -0.25) is 9.36 Å². The highest BCUT2D eigenvalue weighted by molar-refractivity contribution is 7.91. The number of benzene rings is 2. The molecule has 1 heterocycles. The molecule has 0 saturated carbocycles. The van der Waals surface area contributed by atoms with E-state index in [1.165, 1.54) is 5.56 Å². The van der Waals surface area contributed by atoms with Crippen LogP contribution in [0.15, 0.2) is 58.2 Å². The van der Waals surface area contributed by atoms with Crippen LogP contribution in [0.2, 0.25) is 0 Å². The Morgan fingerprint density at radius 2 is 1.87 bits per heavy atom. The van der Waals surface area contributed by atoms with Crippen molar-refractivity contribution in [1.82, 2.24) is 9.88 Å². The molecule has 30 heavy (non-hydrogen) atoms. The third-order valence-electron chi connectivity index (χ3n) is 4.83. The molecular formula is C22H28N2O4S2. The van der Waals surface area contributed by atoms with Crippen molar-refractivity contribution >= 4 is 31.4 Å². The van der Waals surface area contributed by atoms with Crippen LogP contribution < -0.4 is 10.2 Å². The Labute approximate surface area is 181 Å². The van der Waals surface area contributed by atoms with Gasteiger partial charge in [-0.15, -0.1) is 0 Å². The average Bonchev–Trinajstić information content (AvgIpc) is 3.06. The van der Waals surface area contributed by atoms with Crippen LogP contribution in [0.3, 0.4) is 0 Å². The molecule has 0 fully saturated rings. The van der Waals surface area contributed by atoms with Crippen molar-refractivity contribution in [3.05, 3.63) is 63.8 Å². The van der Waals surface area contributed by atoms with Crippen molar-refractivity contribution in [2.24, 2.45) is 0 Å². The van der Waals surface area contributed by atoms with Crippen LogP contribution in [0.4, 0.5) is 0 Å². The topological polar surface area (TPSA) is 77.4 Å². The van der Waals surface area contributed by atoms with Gasteiger partial charge in [0.1, 0.15) is 0 Å². The van der Waals surface area contributed by atoms with Gasteiger partial charge in [0.25, 0.3) is 0 Å². The molecule has 6 nitrogen and oxygen atoms in total. The second kappa shape index (κ2) is 10.9. The molecule has 3 aromatic rings. The third-order valence-corrected chi connectivity index (χ3v) is 7.60. The van der Waals surface area contributed by atoms with Crippen LogP contribution >= 0.6 is 11.3 Å². The fourth-order valence-corrected chi connectivity index (χ4v) is 5.84. The van der Waals surface area contributed by atoms with Gasteiger partial charge in [0.05, 0.1) is 27.5 Å². The molecule has 0 aliphatic rings. The van der Waals surface area contributed by atoms with Gasteiger partial charge < -0.3 is 10.1 Å². The first kappa shape index (κ1) is 22.7. The van der Waals surface area contributed by atoms with Gasteiger partial charge in [0.2, 0.25) is 0 Å². The Morgan fingerprint density at radius 3 is 2.63 bits per heavy atom. The predicted octanol–water partition coefficient (Wildman–Crippen LogP) is 3.10. The fourth-order valence-electron chi connectivity index (χ4n) is 3.31. The van der Waals surface area contributed by atoms with Crippen molar-refractivity contribution in [3.63, 3.8) is 0 Å². The first-order valence-electron chi connectivity index (χ1n) is 10.2. The largest absolute Gasteiger partial charge is 0.381 e. The molecule has 0 amide bonds. The summed E-state index contributed by atoms with van der Waals surface area (Å²) in [7, 11) is -3.52. The first-order chi connectivity index (χ1) is 14.5. The van der Waals surface area contributed by atoms with Gasteiger partial charge >= 0.3 is 4.87 Å². The van der Waals surface area contributed by atoms with E-state index < -0.39 is 9.84 Å². The molecule has 2 aromatic carbocycles. The molecule has 0 aliphatic heterocycles. The van der Waals surface area contributed by atoms with Gasteiger partial charge in [0.15, 0.2) is 9.84 Å². The van der Waals surface area contributed by atoms with Crippen LogP contribution in [0.25, 0.3) is 10.2 Å². The number of hydrogen-bond acceptors (Lipinski definition) is 6. The smallest absolute Gasteiger partial charge is 0.308 e. The Bertz CT molecular complexity index is 1110. The highest BCUT2D eigenvalue weighted by atomic mass is 32.2. The molecule has 0 radical (unpaired) electrons. The van der Waals surface area contributed by atoms with E-state index >= 15 is 0 Å². The lowest BCUT2D eigenvalue weighted by Gasteiger charge is -2.10. The van der Waals surface area contributed by atoms with Crippen LogP contribution in [-0.4, -0.2) is 45.0 Å². The van der Waals surface area contributed by atoms with E-state index in [4.69, 9.17) is 4.74 Å². The number of ether oxygens (including phenoxy) is 1. The summed E-state index contributed by atoms with van der Waals surface area (Å²) < 4.78 is 33.9. The number of rotatable bonds is 12. The van der Waals surface area contributed by atoms with E-state index in [-0.39, 0.29) is 15.5 Å². The molecule has 0 atom stereocenters. The lowest BCUT2D eigenvalue weighted by atomic mass is 10.2. The molecule has 1 aromatic heterocycles. The van der Waals surface area contributed by atoms with Crippen molar-refractivity contribution in [2.45, 2.75) is 31.2 Å². The van der Waals surface area contributed by atoms with E-state index in [0.29, 0.717) is 42.9 Å². The molecule has 0 bridgehead atoms. The Kier molecular flexibility index (Phi) is 8.21. The van der Waals surface area contributed by atoms with E-state index in [1.807, 2.05) is 37.3 Å². The van der Waals surface area contributed by atoms with Gasteiger partial charge in [-0.05, 0) is 37.1 Å². The number of aromatic nitrogens is 1. The highest BCUT2D eigenvalue weighted by Gasteiger charge is 2.21. The molecule has 3 rings (SSSR count). The van der Waals surface area contributed by atoms with Gasteiger partial charge in [0, 0.05) is 19.7 Å². The number of likely N-dealkylation sites (N-methyl/N-ethyl adjacent to an activating group) is 1. The number of nitrogens with one attached hydrogen (secondary N) is 1. The molecular weight excluding hydrogens is 420 g/mol. The highest BCUT2D eigenvalue weighted by Crippen LogP contribution is 2.26. The predicted molar refractivity (Wildman–Crippen MR) is 122 cm³/mol. The summed E-state index contributed by atoms with van der Waals surface area (Å²) in [6.45, 7) is 4.80. The SMILES string of the molecule is CCNCCn1c(=O)sc2cccc(S(=O)(=O)CCCOCCc3ccccc3)c21. The number of nitrogens with zero attached hydrogens (tertiary/aromatic N) is 1. The van der Waals surface area contributed by atoms with Crippen molar-refractivity contribution in [2.75, 3.05) is 32.1 Å². The minimum atomic E-state index is -3.52. The standard InChI is InChI=1S/C22H28N2O4S2/c1-2-23-13-14-24-21-19(29-22(24)25)10-6-11-20(21)30(26,27)17-7-15-28-16-12-18-8-4-3-5-9-18/h3-6,8-11,23H,2,7,12-17H2,1H3. The molecule has 0 unspecified atom stereocenters. The molecule has 162 valence electrons. The minimum Gasteiger partial charge on any atom is -0.381 e. The average molecular weight is 449 g/mol. The number of thiazole rings is 1. The van der Waals surface area contributed by atoms with Crippen molar-refractivity contribution < 1.29 is 13.2 Å². The second-order valence-electron chi connectivity index (χ2n) is 7.00. The maximum Gasteiger partial charge on any atom is 0.308 e. The maximum atomic E-state index is 13.0. The zero-order valence-electron chi connectivity index (χ0n) is 17.2. The Hall–Kier alpha value is -2.00. The van der Waals surface area contributed by atoms with Gasteiger partial charge in [-0.2, -0.15) is 0 Å². The maximum absolute atomic E-state index is 13.0. The van der Waals surface area contributed by atoms with Crippen LogP contribution in [0.1, 0.15) is 18.9 Å². The summed E-state index contributed by atoms with van der Waals surface area (Å²) in [5, 5.41) is 3.18. The summed E-state index contributed by atoms with van der Waals surface area (Å²) in [5.74, 6) is -0.00526. The first-order valence-corrected chi connectivity index (χ1v) is 12.7. The van der Waals surface area contributed by atoms with Crippen molar-refractivity contribution in [3.8, 4) is 0 Å². The quantitative estimate of drug-likeness (QED) is 0.431.